The number of rotatable bonds is 16. The molecule has 0 bridgehead atoms. The summed E-state index contributed by atoms with van der Waals surface area (Å²) in [6.07, 6.45) is 0. The molecule has 14 nitrogen and oxygen atoms in total. The van der Waals surface area contributed by atoms with Gasteiger partial charge in [0.1, 0.15) is 0 Å². The van der Waals surface area contributed by atoms with Crippen LogP contribution in [0.25, 0.3) is 0 Å². The molecular weight excluding hydrogens is 441 g/mol. The number of hydrogen-bond acceptors (Lipinski definition) is 14. The van der Waals surface area contributed by atoms with Crippen LogP contribution in [0, 0.1) is 0 Å². The molecule has 3 unspecified atom stereocenters. The van der Waals surface area contributed by atoms with E-state index in [1.54, 1.807) is 0 Å². The molecular formula is C16H24N3O11P-6. The van der Waals surface area contributed by atoms with Gasteiger partial charge in [0.05, 0.1) is 23.9 Å². The third-order valence-electron chi connectivity index (χ3n) is 4.78. The summed E-state index contributed by atoms with van der Waals surface area (Å²) < 4.78 is 11.5. The largest absolute Gasteiger partial charge is 0.810 e. The Balaban J connectivity index is 5.53. The first-order valence-corrected chi connectivity index (χ1v) is 10.7. The molecule has 0 aliphatic carbocycles. The Bertz CT molecular complexity index is 654. The van der Waals surface area contributed by atoms with E-state index in [1.165, 1.54) is 0 Å². The molecule has 180 valence electrons. The summed E-state index contributed by atoms with van der Waals surface area (Å²) in [6.45, 7) is 0.386. The molecule has 0 aromatic heterocycles. The number of carbonyl (C=O) groups excluding carboxylic acids is 4. The molecule has 0 aromatic carbocycles. The quantitative estimate of drug-likeness (QED) is 0.193. The Hall–Kier alpha value is -2.09. The summed E-state index contributed by atoms with van der Waals surface area (Å²) in [5.74, 6) is -8.04. The molecule has 0 fully saturated rings. The van der Waals surface area contributed by atoms with Crippen molar-refractivity contribution in [3.63, 3.8) is 0 Å². The van der Waals surface area contributed by atoms with Gasteiger partial charge in [-0.25, -0.2) is 0 Å². The summed E-state index contributed by atoms with van der Waals surface area (Å²) in [5, 5.41) is 43.9. The highest BCUT2D eigenvalue weighted by molar-refractivity contribution is 7.49. The zero-order valence-electron chi connectivity index (χ0n) is 17.3. The van der Waals surface area contributed by atoms with Crippen molar-refractivity contribution in [1.29, 1.82) is 0 Å². The molecule has 0 amide bonds. The van der Waals surface area contributed by atoms with E-state index >= 15 is 0 Å². The topological polar surface area (TPSA) is 233 Å². The van der Waals surface area contributed by atoms with Gasteiger partial charge in [0.2, 0.25) is 0 Å². The molecule has 0 saturated carbocycles. The average molecular weight is 465 g/mol. The maximum atomic E-state index is 11.5. The lowest BCUT2D eigenvalue weighted by Crippen LogP contribution is -2.55. The molecule has 0 N–H and O–H groups in total. The predicted molar refractivity (Wildman–Crippen MR) is 90.7 cm³/mol. The van der Waals surface area contributed by atoms with Crippen molar-refractivity contribution in [1.82, 2.24) is 14.7 Å². The molecule has 0 rings (SSSR count). The first kappa shape index (κ1) is 28.9. The summed E-state index contributed by atoms with van der Waals surface area (Å²) in [6, 6.07) is -2.76. The third-order valence-corrected chi connectivity index (χ3v) is 6.02. The van der Waals surface area contributed by atoms with Crippen LogP contribution in [0.1, 0.15) is 20.8 Å². The number of carbonyl (C=O) groups is 4. The molecule has 0 spiro atoms. The normalized spacial score (nSPS) is 15.1. The van der Waals surface area contributed by atoms with Gasteiger partial charge in [-0.3, -0.25) is 14.7 Å². The second kappa shape index (κ2) is 12.7. The zero-order valence-corrected chi connectivity index (χ0v) is 18.1. The van der Waals surface area contributed by atoms with E-state index in [0.29, 0.717) is 0 Å². The monoisotopic (exact) mass is 465 g/mol. The van der Waals surface area contributed by atoms with Crippen molar-refractivity contribution in [3.05, 3.63) is 0 Å². The lowest BCUT2D eigenvalue weighted by Gasteiger charge is -2.44. The third kappa shape index (κ3) is 10.7. The Morgan fingerprint density at radius 3 is 1.19 bits per heavy atom. The molecule has 0 saturated heterocycles. The van der Waals surface area contributed by atoms with Crippen molar-refractivity contribution >= 4 is 31.5 Å². The van der Waals surface area contributed by atoms with Crippen molar-refractivity contribution in [2.45, 2.75) is 38.6 Å². The molecule has 0 aliphatic rings. The van der Waals surface area contributed by atoms with E-state index < -0.39 is 62.4 Å². The zero-order chi connectivity index (χ0) is 24.5. The lowest BCUT2D eigenvalue weighted by molar-refractivity contribution is -0.321. The van der Waals surface area contributed by atoms with Crippen LogP contribution in [-0.4, -0.2) is 95.7 Å². The average Bonchev–Trinajstić information content (AvgIpc) is 2.62. The van der Waals surface area contributed by atoms with Crippen molar-refractivity contribution < 1.29 is 54.0 Å². The van der Waals surface area contributed by atoms with E-state index in [4.69, 9.17) is 0 Å². The fraction of sp³-hybridized carbons (Fsp3) is 0.750. The second-order valence-corrected chi connectivity index (χ2v) is 8.71. The summed E-state index contributed by atoms with van der Waals surface area (Å²) in [5.41, 5.74) is 0. The van der Waals surface area contributed by atoms with E-state index in [9.17, 15) is 54.0 Å². The van der Waals surface area contributed by atoms with Gasteiger partial charge in [-0.05, 0) is 20.8 Å². The van der Waals surface area contributed by atoms with Crippen LogP contribution in [0.4, 0.5) is 0 Å². The first-order valence-electron chi connectivity index (χ1n) is 9.13. The van der Waals surface area contributed by atoms with Crippen LogP contribution in [0.5, 0.6) is 0 Å². The van der Waals surface area contributed by atoms with Gasteiger partial charge in [0.15, 0.2) is 0 Å². The smallest absolute Gasteiger partial charge is 0.0583 e. The maximum Gasteiger partial charge on any atom is 0.0583 e. The molecule has 0 aliphatic heterocycles. The molecule has 15 heteroatoms. The van der Waals surface area contributed by atoms with E-state index in [2.05, 4.69) is 0 Å². The second-order valence-electron chi connectivity index (χ2n) is 6.88. The van der Waals surface area contributed by atoms with Gasteiger partial charge < -0.3 is 54.0 Å². The van der Waals surface area contributed by atoms with Crippen molar-refractivity contribution in [3.8, 4) is 0 Å². The van der Waals surface area contributed by atoms with Crippen LogP contribution < -0.4 is 30.2 Å². The number of hydrogen-bond donors (Lipinski definition) is 0. The summed E-state index contributed by atoms with van der Waals surface area (Å²) in [4.78, 5) is 69.7. The summed E-state index contributed by atoms with van der Waals surface area (Å²) in [7, 11) is -5.20. The Labute approximate surface area is 178 Å². The SMILES string of the molecule is CC(C(=O)[O-])N(CCN(CCN(CC(=O)[O-])C(C)C(=O)[O-])C(C)P(=O)([O-])[O-])CC(=O)[O-]. The van der Waals surface area contributed by atoms with Gasteiger partial charge in [-0.1, -0.05) is 7.60 Å². The highest BCUT2D eigenvalue weighted by atomic mass is 31.2. The van der Waals surface area contributed by atoms with Gasteiger partial charge in [-0.2, -0.15) is 0 Å². The Morgan fingerprint density at radius 1 is 0.677 bits per heavy atom. The van der Waals surface area contributed by atoms with Crippen LogP contribution >= 0.6 is 7.60 Å². The maximum absolute atomic E-state index is 11.5. The fourth-order valence-corrected chi connectivity index (χ4v) is 3.28. The minimum atomic E-state index is -5.20. The highest BCUT2D eigenvalue weighted by Gasteiger charge is 2.23. The van der Waals surface area contributed by atoms with Crippen LogP contribution in [-0.2, 0) is 23.7 Å². The number of carboxylic acid groups (broad SMARTS) is 4. The van der Waals surface area contributed by atoms with Crippen LogP contribution in [0.3, 0.4) is 0 Å². The fourth-order valence-electron chi connectivity index (χ4n) is 2.65. The standard InChI is InChI=1S/C16H30N3O11P/c1-10(15(24)25)18(8-13(20)21)6-4-17(12(3)31(28,29)30)5-7-19(9-14(22)23)11(2)16(26)27/h10-12H,4-9H2,1-3H3,(H,20,21)(H,22,23)(H,24,25)(H,26,27)(H2,28,29,30)/p-6. The molecule has 0 radical (unpaired) electrons. The number of aliphatic carboxylic acids is 4. The van der Waals surface area contributed by atoms with E-state index in [1.807, 2.05) is 0 Å². The number of carboxylic acids is 4. The number of nitrogens with zero attached hydrogens (tertiary/aromatic N) is 3. The lowest BCUT2D eigenvalue weighted by atomic mass is 10.2. The van der Waals surface area contributed by atoms with Crippen molar-refractivity contribution in [2.24, 2.45) is 0 Å². The Morgan fingerprint density at radius 2 is 0.968 bits per heavy atom. The Kier molecular flexibility index (Phi) is 11.8. The van der Waals surface area contributed by atoms with Gasteiger partial charge in [0.25, 0.3) is 0 Å². The molecule has 0 aromatic rings. The van der Waals surface area contributed by atoms with Gasteiger partial charge in [0, 0.05) is 57.1 Å². The molecule has 0 heterocycles. The minimum Gasteiger partial charge on any atom is -0.810 e. The van der Waals surface area contributed by atoms with Gasteiger partial charge in [-0.15, -0.1) is 0 Å². The van der Waals surface area contributed by atoms with Crippen LogP contribution in [0.15, 0.2) is 0 Å². The predicted octanol–water partition coefficient (Wildman–Crippen LogP) is -8.07. The van der Waals surface area contributed by atoms with E-state index in [-0.39, 0.29) is 26.2 Å². The van der Waals surface area contributed by atoms with Crippen LogP contribution in [0.2, 0.25) is 0 Å². The summed E-state index contributed by atoms with van der Waals surface area (Å²) >= 11 is 0. The molecule has 3 atom stereocenters. The first-order chi connectivity index (χ1) is 14.1. The van der Waals surface area contributed by atoms with Gasteiger partial charge >= 0.3 is 0 Å². The highest BCUT2D eigenvalue weighted by Crippen LogP contribution is 2.33. The van der Waals surface area contributed by atoms with Crippen molar-refractivity contribution in [2.75, 3.05) is 39.3 Å². The molecule has 31 heavy (non-hydrogen) atoms. The van der Waals surface area contributed by atoms with E-state index in [0.717, 1.165) is 35.5 Å². The minimum absolute atomic E-state index is 0.320.